The van der Waals surface area contributed by atoms with Gasteiger partial charge in [-0.3, -0.25) is 0 Å². The van der Waals surface area contributed by atoms with Gasteiger partial charge in [-0.05, 0) is 185 Å². The van der Waals surface area contributed by atoms with Gasteiger partial charge in [0.25, 0.3) is 0 Å². The molecule has 96 heavy (non-hydrogen) atoms. The van der Waals surface area contributed by atoms with Crippen molar-refractivity contribution in [3.63, 3.8) is 0 Å². The molecule has 7 heteroatoms. The summed E-state index contributed by atoms with van der Waals surface area (Å²) in [5.74, 6) is 0.582. The molecule has 0 atom stereocenters. The molecule has 5 heterocycles. The zero-order valence-electron chi connectivity index (χ0n) is 51.9. The van der Waals surface area contributed by atoms with Crippen LogP contribution >= 0.6 is 0 Å². The third-order valence-electron chi connectivity index (χ3n) is 19.4. The second-order valence-corrected chi connectivity index (χ2v) is 24.8. The standard InChI is InChI=1S/C89H55N7/c90-56-57-30-32-61(33-31-57)89-91-79(55-80(92-89)60-38-44-69(45-39-60)95-83-28-13-9-24-73(83)77-53-65(42-48-87(77)95)63-40-46-85-75(51-63)71-22-7-11-26-81(71)93(85)67-17-3-1-4-18-67)59-36-34-58(35-37-59)62-16-15-21-70(50-62)96-84-29-14-10-25-74(84)78-54-66(43-49-88(78)96)64-41-47-86-76(52-64)72-23-8-12-27-82(72)94(86)68-19-5-2-6-20-68/h1-55H. The molecule has 14 aromatic carbocycles. The molecule has 0 bridgehead atoms. The molecular formula is C89H55N7. The number of aromatic nitrogens is 6. The second-order valence-electron chi connectivity index (χ2n) is 24.8. The van der Waals surface area contributed by atoms with E-state index >= 15 is 0 Å². The summed E-state index contributed by atoms with van der Waals surface area (Å²) >= 11 is 0. The van der Waals surface area contributed by atoms with Crippen LogP contribution in [0.25, 0.3) is 177 Å². The Balaban J connectivity index is 0.644. The molecule has 19 rings (SSSR count). The highest BCUT2D eigenvalue weighted by molar-refractivity contribution is 6.15. The lowest BCUT2D eigenvalue weighted by molar-refractivity contribution is 1.17. The second kappa shape index (κ2) is 22.0. The van der Waals surface area contributed by atoms with E-state index in [4.69, 9.17) is 9.97 Å². The van der Waals surface area contributed by atoms with E-state index in [1.807, 2.05) is 24.3 Å². The van der Waals surface area contributed by atoms with Gasteiger partial charge >= 0.3 is 0 Å². The minimum atomic E-state index is 0.581. The number of rotatable bonds is 10. The fraction of sp³-hybridized carbons (Fsp3) is 0. The first-order chi connectivity index (χ1) is 47.5. The SMILES string of the molecule is N#Cc1ccc(-c2nc(-c3ccc(-c4cccc(-n5c6ccccc6c6cc(-c7ccc8c(c7)c7ccccc7n8-c7ccccc7)ccc65)c4)cc3)cc(-c3ccc(-n4c5ccccc5c5cc(-c6ccc7c(c6)c6ccccc6n7-c6ccccc6)ccc54)cc3)n2)cc1. The van der Waals surface area contributed by atoms with Crippen molar-refractivity contribution in [3.8, 4) is 96.1 Å². The van der Waals surface area contributed by atoms with Crippen molar-refractivity contribution in [2.75, 3.05) is 0 Å². The highest BCUT2D eigenvalue weighted by Crippen LogP contribution is 2.42. The quantitative estimate of drug-likeness (QED) is 0.137. The van der Waals surface area contributed by atoms with Crippen LogP contribution in [0, 0.1) is 11.3 Å². The summed E-state index contributed by atoms with van der Waals surface area (Å²) in [7, 11) is 0. The molecule has 0 aliphatic rings. The molecule has 0 aliphatic heterocycles. The summed E-state index contributed by atoms with van der Waals surface area (Å²) in [5, 5.41) is 19.5. The maximum atomic E-state index is 9.73. The highest BCUT2D eigenvalue weighted by atomic mass is 15.0. The van der Waals surface area contributed by atoms with E-state index in [0.29, 0.717) is 11.4 Å². The molecule has 5 aromatic heterocycles. The number of nitriles is 1. The van der Waals surface area contributed by atoms with Crippen molar-refractivity contribution < 1.29 is 0 Å². The molecule has 446 valence electrons. The molecule has 7 nitrogen and oxygen atoms in total. The van der Waals surface area contributed by atoms with Gasteiger partial charge in [-0.25, -0.2) is 9.97 Å². The van der Waals surface area contributed by atoms with Gasteiger partial charge in [-0.2, -0.15) is 5.26 Å². The summed E-state index contributed by atoms with van der Waals surface area (Å²) in [4.78, 5) is 10.4. The van der Waals surface area contributed by atoms with Crippen molar-refractivity contribution in [2.45, 2.75) is 0 Å². The van der Waals surface area contributed by atoms with Gasteiger partial charge in [-0.15, -0.1) is 0 Å². The van der Waals surface area contributed by atoms with Gasteiger partial charge in [0, 0.05) is 82.5 Å². The minimum Gasteiger partial charge on any atom is -0.309 e. The molecule has 0 fully saturated rings. The van der Waals surface area contributed by atoms with E-state index in [1.54, 1.807) is 0 Å². The summed E-state index contributed by atoms with van der Waals surface area (Å²) in [6, 6.07) is 122. The van der Waals surface area contributed by atoms with E-state index in [9.17, 15) is 5.26 Å². The number of fused-ring (bicyclic) bond motifs is 12. The molecule has 0 saturated heterocycles. The van der Waals surface area contributed by atoms with Gasteiger partial charge in [0.2, 0.25) is 0 Å². The Morgan fingerprint density at radius 3 is 0.917 bits per heavy atom. The smallest absolute Gasteiger partial charge is 0.160 e. The molecule has 0 aliphatic carbocycles. The number of benzene rings is 14. The molecule has 0 amide bonds. The average Bonchev–Trinajstić information content (AvgIpc) is 1.60. The van der Waals surface area contributed by atoms with Gasteiger partial charge in [0.1, 0.15) is 0 Å². The predicted molar refractivity (Wildman–Crippen MR) is 397 cm³/mol. The van der Waals surface area contributed by atoms with Crippen LogP contribution in [0.4, 0.5) is 0 Å². The van der Waals surface area contributed by atoms with Crippen LogP contribution in [0.3, 0.4) is 0 Å². The summed E-state index contributed by atoms with van der Waals surface area (Å²) < 4.78 is 9.50. The van der Waals surface area contributed by atoms with Crippen LogP contribution in [0.2, 0.25) is 0 Å². The van der Waals surface area contributed by atoms with E-state index in [1.165, 1.54) is 87.4 Å². The number of hydrogen-bond donors (Lipinski definition) is 0. The molecule has 0 saturated carbocycles. The molecular weight excluding hydrogens is 1170 g/mol. The van der Waals surface area contributed by atoms with Crippen LogP contribution in [0.15, 0.2) is 334 Å². The maximum Gasteiger partial charge on any atom is 0.160 e. The van der Waals surface area contributed by atoms with Crippen LogP contribution in [0.5, 0.6) is 0 Å². The Hall–Kier alpha value is -13.2. The monoisotopic (exact) mass is 1220 g/mol. The molecule has 0 radical (unpaired) electrons. The fourth-order valence-electron chi connectivity index (χ4n) is 14.9. The van der Waals surface area contributed by atoms with Crippen LogP contribution in [-0.2, 0) is 0 Å². The lowest BCUT2D eigenvalue weighted by Gasteiger charge is -2.13. The minimum absolute atomic E-state index is 0.581. The zero-order valence-corrected chi connectivity index (χ0v) is 51.9. The van der Waals surface area contributed by atoms with E-state index in [-0.39, 0.29) is 0 Å². The third kappa shape index (κ3) is 8.89. The maximum absolute atomic E-state index is 9.73. The molecule has 19 aromatic rings. The van der Waals surface area contributed by atoms with Crippen molar-refractivity contribution in [2.24, 2.45) is 0 Å². The Bertz CT molecular complexity index is 6360. The van der Waals surface area contributed by atoms with Gasteiger partial charge in [0.05, 0.1) is 67.2 Å². The van der Waals surface area contributed by atoms with Crippen molar-refractivity contribution >= 4 is 87.2 Å². The number of nitrogens with zero attached hydrogens (tertiary/aromatic N) is 7. The summed E-state index contributed by atoms with van der Waals surface area (Å²) in [6.45, 7) is 0. The predicted octanol–water partition coefficient (Wildman–Crippen LogP) is 22.7. The lowest BCUT2D eigenvalue weighted by atomic mass is 10.0. The van der Waals surface area contributed by atoms with E-state index in [0.717, 1.165) is 84.0 Å². The normalized spacial score (nSPS) is 11.7. The van der Waals surface area contributed by atoms with E-state index in [2.05, 4.69) is 334 Å². The van der Waals surface area contributed by atoms with Crippen molar-refractivity contribution in [1.82, 2.24) is 28.2 Å². The zero-order chi connectivity index (χ0) is 63.4. The first-order valence-electron chi connectivity index (χ1n) is 32.5. The third-order valence-corrected chi connectivity index (χ3v) is 19.4. The van der Waals surface area contributed by atoms with Crippen molar-refractivity contribution in [1.29, 1.82) is 5.26 Å². The topological polar surface area (TPSA) is 69.3 Å². The Labute approximate surface area is 552 Å². The van der Waals surface area contributed by atoms with Gasteiger partial charge in [0.15, 0.2) is 5.82 Å². The van der Waals surface area contributed by atoms with Crippen molar-refractivity contribution in [3.05, 3.63) is 339 Å². The summed E-state index contributed by atoms with van der Waals surface area (Å²) in [5.41, 5.74) is 25.6. The first kappa shape index (κ1) is 54.6. The fourth-order valence-corrected chi connectivity index (χ4v) is 14.9. The molecule has 0 N–H and O–H groups in total. The Morgan fingerprint density at radius 2 is 0.510 bits per heavy atom. The van der Waals surface area contributed by atoms with Gasteiger partial charge in [-0.1, -0.05) is 182 Å². The Kier molecular flexibility index (Phi) is 12.5. The first-order valence-corrected chi connectivity index (χ1v) is 32.5. The number of para-hydroxylation sites is 6. The lowest BCUT2D eigenvalue weighted by Crippen LogP contribution is -1.97. The van der Waals surface area contributed by atoms with Crippen LogP contribution in [0.1, 0.15) is 5.56 Å². The molecule has 0 unspecified atom stereocenters. The average molecular weight is 1220 g/mol. The summed E-state index contributed by atoms with van der Waals surface area (Å²) in [6.07, 6.45) is 0. The highest BCUT2D eigenvalue weighted by Gasteiger charge is 2.21. The molecule has 0 spiro atoms. The van der Waals surface area contributed by atoms with Crippen LogP contribution < -0.4 is 0 Å². The van der Waals surface area contributed by atoms with Crippen LogP contribution in [-0.4, -0.2) is 28.2 Å². The number of hydrogen-bond acceptors (Lipinski definition) is 3. The largest absolute Gasteiger partial charge is 0.309 e. The Morgan fingerprint density at radius 1 is 0.208 bits per heavy atom. The van der Waals surface area contributed by atoms with E-state index < -0.39 is 0 Å². The van der Waals surface area contributed by atoms with Gasteiger partial charge < -0.3 is 18.3 Å².